The van der Waals surface area contributed by atoms with Crippen molar-refractivity contribution in [2.45, 2.75) is 33.2 Å². The van der Waals surface area contributed by atoms with Crippen LogP contribution in [0, 0.1) is 13.8 Å². The van der Waals surface area contributed by atoms with Crippen LogP contribution in [0.25, 0.3) is 22.4 Å². The summed E-state index contributed by atoms with van der Waals surface area (Å²) in [6, 6.07) is 22.8. The largest absolute Gasteiger partial charge is 0.497 e. The number of fused-ring (bicyclic) bond motifs is 1. The van der Waals surface area contributed by atoms with Gasteiger partial charge in [-0.2, -0.15) is 0 Å². The molecule has 0 bridgehead atoms. The predicted octanol–water partition coefficient (Wildman–Crippen LogP) is 6.19. The van der Waals surface area contributed by atoms with Gasteiger partial charge in [-0.3, -0.25) is 0 Å². The molecule has 0 N–H and O–H groups in total. The fourth-order valence-electron chi connectivity index (χ4n) is 3.70. The summed E-state index contributed by atoms with van der Waals surface area (Å²) in [5, 5.41) is 0. The third kappa shape index (κ3) is 4.33. The van der Waals surface area contributed by atoms with Gasteiger partial charge in [0.15, 0.2) is 0 Å². The Morgan fingerprint density at radius 3 is 2.63 bits per heavy atom. The molecule has 4 rings (SSSR count). The lowest BCUT2D eigenvalue weighted by molar-refractivity contribution is 0.301. The summed E-state index contributed by atoms with van der Waals surface area (Å²) in [7, 11) is 1.69. The summed E-state index contributed by atoms with van der Waals surface area (Å²) in [6.07, 6.45) is 2.00. The molecule has 0 fully saturated rings. The second-order valence-electron chi connectivity index (χ2n) is 7.63. The van der Waals surface area contributed by atoms with E-state index in [0.29, 0.717) is 6.61 Å². The van der Waals surface area contributed by atoms with Crippen molar-refractivity contribution in [2.75, 3.05) is 13.7 Å². The molecule has 4 heteroatoms. The van der Waals surface area contributed by atoms with Crippen molar-refractivity contribution in [3.63, 3.8) is 0 Å². The van der Waals surface area contributed by atoms with Crippen molar-refractivity contribution in [3.8, 4) is 22.9 Å². The van der Waals surface area contributed by atoms with E-state index in [1.54, 1.807) is 7.11 Å². The molecule has 0 aliphatic carbocycles. The Hall–Kier alpha value is -3.27. The first-order valence-electron chi connectivity index (χ1n) is 10.5. The Balaban J connectivity index is 1.48. The summed E-state index contributed by atoms with van der Waals surface area (Å²) in [4.78, 5) is 4.90. The van der Waals surface area contributed by atoms with Crippen LogP contribution in [0.3, 0.4) is 0 Å². The van der Waals surface area contributed by atoms with Crippen LogP contribution in [0.15, 0.2) is 66.7 Å². The lowest BCUT2D eigenvalue weighted by Crippen LogP contribution is -2.04. The van der Waals surface area contributed by atoms with E-state index in [0.717, 1.165) is 53.3 Å². The molecule has 154 valence electrons. The van der Waals surface area contributed by atoms with Gasteiger partial charge in [0.25, 0.3) is 0 Å². The van der Waals surface area contributed by atoms with E-state index in [2.05, 4.69) is 60.9 Å². The smallest absolute Gasteiger partial charge is 0.141 e. The lowest BCUT2D eigenvalue weighted by atomic mass is 10.1. The number of unbranched alkanes of at least 4 members (excludes halogenated alkanes) is 1. The van der Waals surface area contributed by atoms with Gasteiger partial charge >= 0.3 is 0 Å². The van der Waals surface area contributed by atoms with Crippen molar-refractivity contribution in [1.82, 2.24) is 9.55 Å². The number of para-hydroxylation sites is 2. The highest BCUT2D eigenvalue weighted by molar-refractivity contribution is 5.80. The summed E-state index contributed by atoms with van der Waals surface area (Å²) < 4.78 is 13.7. The van der Waals surface area contributed by atoms with Crippen LogP contribution in [0.1, 0.15) is 24.0 Å². The van der Waals surface area contributed by atoms with Gasteiger partial charge in [0.05, 0.1) is 24.8 Å². The fraction of sp³-hybridized carbons (Fsp3) is 0.269. The molecule has 0 unspecified atom stereocenters. The fourth-order valence-corrected chi connectivity index (χ4v) is 3.70. The average Bonchev–Trinajstić information content (AvgIpc) is 3.14. The third-order valence-electron chi connectivity index (χ3n) is 5.36. The molecule has 0 atom stereocenters. The molecule has 4 nitrogen and oxygen atoms in total. The summed E-state index contributed by atoms with van der Waals surface area (Å²) in [6.45, 7) is 5.79. The highest BCUT2D eigenvalue weighted by Gasteiger charge is 2.13. The van der Waals surface area contributed by atoms with Gasteiger partial charge in [0, 0.05) is 12.1 Å². The molecule has 4 aromatic rings. The number of aromatic nitrogens is 2. The lowest BCUT2D eigenvalue weighted by Gasteiger charge is -2.12. The standard InChI is InChI=1S/C26H28N2O2/c1-19-13-14-20(2)25(17-19)30-16-7-6-15-28-24-12-5-4-11-23(24)27-26(28)21-9-8-10-22(18-21)29-3/h4-5,8-14,17-18H,6-7,15-16H2,1-3H3. The minimum atomic E-state index is 0.714. The first kappa shape index (κ1) is 20.0. The van der Waals surface area contributed by atoms with Crippen LogP contribution in [0.2, 0.25) is 0 Å². The minimum Gasteiger partial charge on any atom is -0.497 e. The van der Waals surface area contributed by atoms with E-state index in [1.807, 2.05) is 24.3 Å². The van der Waals surface area contributed by atoms with Crippen molar-refractivity contribution < 1.29 is 9.47 Å². The zero-order chi connectivity index (χ0) is 20.9. The van der Waals surface area contributed by atoms with Gasteiger partial charge in [0.1, 0.15) is 17.3 Å². The van der Waals surface area contributed by atoms with Crippen LogP contribution in [0.4, 0.5) is 0 Å². The number of nitrogens with zero attached hydrogens (tertiary/aromatic N) is 2. The molecule has 30 heavy (non-hydrogen) atoms. The Morgan fingerprint density at radius 1 is 0.900 bits per heavy atom. The SMILES string of the molecule is COc1cccc(-c2nc3ccccc3n2CCCCOc2cc(C)ccc2C)c1. The summed E-state index contributed by atoms with van der Waals surface area (Å²) in [5.74, 6) is 2.80. The quantitative estimate of drug-likeness (QED) is 0.331. The highest BCUT2D eigenvalue weighted by Crippen LogP contribution is 2.28. The van der Waals surface area contributed by atoms with E-state index in [1.165, 1.54) is 11.1 Å². The zero-order valence-corrected chi connectivity index (χ0v) is 17.9. The van der Waals surface area contributed by atoms with Gasteiger partial charge in [-0.15, -0.1) is 0 Å². The van der Waals surface area contributed by atoms with Crippen molar-refractivity contribution in [2.24, 2.45) is 0 Å². The second kappa shape index (κ2) is 9.04. The molecule has 0 spiro atoms. The molecule has 0 saturated carbocycles. The number of benzene rings is 3. The van der Waals surface area contributed by atoms with E-state index >= 15 is 0 Å². The third-order valence-corrected chi connectivity index (χ3v) is 5.36. The van der Waals surface area contributed by atoms with Crippen LogP contribution in [0.5, 0.6) is 11.5 Å². The minimum absolute atomic E-state index is 0.714. The Bertz CT molecular complexity index is 1150. The first-order valence-corrected chi connectivity index (χ1v) is 10.5. The number of hydrogen-bond donors (Lipinski definition) is 0. The maximum Gasteiger partial charge on any atom is 0.141 e. The number of ether oxygens (including phenoxy) is 2. The molecule has 0 aliphatic heterocycles. The molecule has 1 heterocycles. The van der Waals surface area contributed by atoms with Crippen LogP contribution in [-0.2, 0) is 6.54 Å². The van der Waals surface area contributed by atoms with Crippen molar-refractivity contribution in [1.29, 1.82) is 0 Å². The number of aryl methyl sites for hydroxylation is 3. The maximum atomic E-state index is 6.03. The Kier molecular flexibility index (Phi) is 6.03. The average molecular weight is 401 g/mol. The number of imidazole rings is 1. The normalized spacial score (nSPS) is 11.0. The monoisotopic (exact) mass is 400 g/mol. The maximum absolute atomic E-state index is 6.03. The van der Waals surface area contributed by atoms with Crippen LogP contribution < -0.4 is 9.47 Å². The number of hydrogen-bond acceptors (Lipinski definition) is 3. The molecule has 0 amide bonds. The Morgan fingerprint density at radius 2 is 1.77 bits per heavy atom. The summed E-state index contributed by atoms with van der Waals surface area (Å²) in [5.41, 5.74) is 5.65. The molecular formula is C26H28N2O2. The van der Waals surface area contributed by atoms with Gasteiger partial charge < -0.3 is 14.0 Å². The van der Waals surface area contributed by atoms with Gasteiger partial charge in [-0.05, 0) is 68.1 Å². The molecular weight excluding hydrogens is 372 g/mol. The predicted molar refractivity (Wildman–Crippen MR) is 122 cm³/mol. The van der Waals surface area contributed by atoms with Gasteiger partial charge in [-0.25, -0.2) is 4.98 Å². The van der Waals surface area contributed by atoms with E-state index in [-0.39, 0.29) is 0 Å². The first-order chi connectivity index (χ1) is 14.7. The van der Waals surface area contributed by atoms with Crippen molar-refractivity contribution in [3.05, 3.63) is 77.9 Å². The van der Waals surface area contributed by atoms with E-state index < -0.39 is 0 Å². The van der Waals surface area contributed by atoms with Crippen LogP contribution >= 0.6 is 0 Å². The molecule has 1 aromatic heterocycles. The number of rotatable bonds is 8. The summed E-state index contributed by atoms with van der Waals surface area (Å²) >= 11 is 0. The van der Waals surface area contributed by atoms with E-state index in [4.69, 9.17) is 14.5 Å². The van der Waals surface area contributed by atoms with Crippen LogP contribution in [-0.4, -0.2) is 23.3 Å². The Labute approximate surface area is 178 Å². The molecule has 0 aliphatic rings. The molecule has 0 radical (unpaired) electrons. The zero-order valence-electron chi connectivity index (χ0n) is 17.9. The highest BCUT2D eigenvalue weighted by atomic mass is 16.5. The number of methoxy groups -OCH3 is 1. The van der Waals surface area contributed by atoms with Gasteiger partial charge in [-0.1, -0.05) is 36.4 Å². The van der Waals surface area contributed by atoms with E-state index in [9.17, 15) is 0 Å². The topological polar surface area (TPSA) is 36.3 Å². The second-order valence-corrected chi connectivity index (χ2v) is 7.63. The van der Waals surface area contributed by atoms with Crippen molar-refractivity contribution >= 4 is 11.0 Å². The van der Waals surface area contributed by atoms with Gasteiger partial charge in [0.2, 0.25) is 0 Å². The molecule has 0 saturated heterocycles. The molecule has 3 aromatic carbocycles.